The lowest BCUT2D eigenvalue weighted by molar-refractivity contribution is 0.0701. The zero-order valence-corrected chi connectivity index (χ0v) is 14.8. The molecular weight excluding hydrogens is 342 g/mol. The number of thiophene rings is 1. The first-order valence-electron chi connectivity index (χ1n) is 7.91. The van der Waals surface area contributed by atoms with E-state index in [0.717, 1.165) is 29.7 Å². The number of likely N-dealkylation sites (tertiary alicyclic amines) is 1. The Hall–Kier alpha value is -2.54. The Kier molecular flexibility index (Phi) is 4.94. The molecule has 1 fully saturated rings. The normalized spacial score (nSPS) is 16.7. The minimum atomic E-state index is -1.01. The van der Waals surface area contributed by atoms with Gasteiger partial charge in [-0.2, -0.15) is 0 Å². The predicted octanol–water partition coefficient (Wildman–Crippen LogP) is 3.44. The fourth-order valence-electron chi connectivity index (χ4n) is 3.13. The minimum absolute atomic E-state index is 0.0531. The molecular formula is C18H19NO5S. The van der Waals surface area contributed by atoms with E-state index in [2.05, 4.69) is 0 Å². The highest BCUT2D eigenvalue weighted by Crippen LogP contribution is 2.38. The molecule has 1 saturated heterocycles. The molecule has 132 valence electrons. The lowest BCUT2D eigenvalue weighted by Gasteiger charge is -2.25. The summed E-state index contributed by atoms with van der Waals surface area (Å²) < 4.78 is 10.6. The Morgan fingerprint density at radius 2 is 1.84 bits per heavy atom. The van der Waals surface area contributed by atoms with Gasteiger partial charge in [-0.25, -0.2) is 4.79 Å². The second-order valence-corrected chi connectivity index (χ2v) is 6.82. The first-order chi connectivity index (χ1) is 12.0. The average molecular weight is 361 g/mol. The molecule has 7 heteroatoms. The second-order valence-electron chi connectivity index (χ2n) is 5.74. The van der Waals surface area contributed by atoms with Gasteiger partial charge in [-0.05, 0) is 42.7 Å². The van der Waals surface area contributed by atoms with Crippen molar-refractivity contribution < 1.29 is 24.2 Å². The van der Waals surface area contributed by atoms with E-state index >= 15 is 0 Å². The van der Waals surface area contributed by atoms with Gasteiger partial charge >= 0.3 is 5.97 Å². The summed E-state index contributed by atoms with van der Waals surface area (Å²) in [4.78, 5) is 26.3. The molecule has 0 saturated carbocycles. The monoisotopic (exact) mass is 361 g/mol. The molecule has 0 bridgehead atoms. The van der Waals surface area contributed by atoms with Crippen molar-refractivity contribution in [3.05, 3.63) is 45.6 Å². The molecule has 1 aliphatic heterocycles. The van der Waals surface area contributed by atoms with Crippen LogP contribution in [0.15, 0.2) is 30.3 Å². The van der Waals surface area contributed by atoms with Gasteiger partial charge in [0.1, 0.15) is 4.88 Å². The maximum absolute atomic E-state index is 12.8. The van der Waals surface area contributed by atoms with Gasteiger partial charge in [0, 0.05) is 6.54 Å². The number of amides is 1. The maximum atomic E-state index is 12.8. The number of carboxylic acid groups (broad SMARTS) is 1. The lowest BCUT2D eigenvalue weighted by atomic mass is 10.0. The first kappa shape index (κ1) is 17.3. The highest BCUT2D eigenvalue weighted by atomic mass is 32.1. The van der Waals surface area contributed by atoms with Gasteiger partial charge in [0.15, 0.2) is 11.5 Å². The van der Waals surface area contributed by atoms with Gasteiger partial charge in [0.2, 0.25) is 0 Å². The number of rotatable bonds is 5. The zero-order chi connectivity index (χ0) is 18.0. The third-order valence-corrected chi connectivity index (χ3v) is 5.39. The van der Waals surface area contributed by atoms with E-state index in [0.29, 0.717) is 22.9 Å². The van der Waals surface area contributed by atoms with E-state index in [1.807, 2.05) is 18.2 Å². The van der Waals surface area contributed by atoms with Crippen molar-refractivity contribution in [3.63, 3.8) is 0 Å². The SMILES string of the molecule is COc1ccc(C2CCCN2C(=O)c2ccc(C(=O)O)s2)cc1OC. The van der Waals surface area contributed by atoms with E-state index in [-0.39, 0.29) is 16.8 Å². The molecule has 2 heterocycles. The Labute approximate surface area is 149 Å². The molecule has 25 heavy (non-hydrogen) atoms. The Morgan fingerprint density at radius 1 is 1.12 bits per heavy atom. The van der Waals surface area contributed by atoms with Gasteiger partial charge < -0.3 is 19.5 Å². The number of carbonyl (C=O) groups is 2. The zero-order valence-electron chi connectivity index (χ0n) is 14.0. The quantitative estimate of drug-likeness (QED) is 0.883. The number of benzene rings is 1. The summed E-state index contributed by atoms with van der Waals surface area (Å²) in [5, 5.41) is 9.04. The van der Waals surface area contributed by atoms with Crippen molar-refractivity contribution >= 4 is 23.2 Å². The highest BCUT2D eigenvalue weighted by molar-refractivity contribution is 7.15. The van der Waals surface area contributed by atoms with Gasteiger partial charge in [0.25, 0.3) is 5.91 Å². The van der Waals surface area contributed by atoms with Crippen molar-refractivity contribution in [2.24, 2.45) is 0 Å². The van der Waals surface area contributed by atoms with E-state index in [1.165, 1.54) is 6.07 Å². The molecule has 2 aromatic rings. The number of carbonyl (C=O) groups excluding carboxylic acids is 1. The van der Waals surface area contributed by atoms with Gasteiger partial charge in [-0.1, -0.05) is 6.07 Å². The molecule has 1 unspecified atom stereocenters. The number of nitrogens with zero attached hydrogens (tertiary/aromatic N) is 1. The van der Waals surface area contributed by atoms with Gasteiger partial charge in [-0.3, -0.25) is 4.79 Å². The van der Waals surface area contributed by atoms with Crippen LogP contribution in [0.5, 0.6) is 11.5 Å². The number of aromatic carboxylic acids is 1. The van der Waals surface area contributed by atoms with Crippen molar-refractivity contribution in [2.45, 2.75) is 18.9 Å². The lowest BCUT2D eigenvalue weighted by Crippen LogP contribution is -2.30. The third-order valence-electron chi connectivity index (χ3n) is 4.33. The van der Waals surface area contributed by atoms with Crippen LogP contribution in [0.25, 0.3) is 0 Å². The molecule has 6 nitrogen and oxygen atoms in total. The molecule has 0 spiro atoms. The van der Waals surface area contributed by atoms with Crippen molar-refractivity contribution in [1.29, 1.82) is 0 Å². The Balaban J connectivity index is 1.87. The molecule has 1 N–H and O–H groups in total. The summed E-state index contributed by atoms with van der Waals surface area (Å²) in [6.07, 6.45) is 1.76. The summed E-state index contributed by atoms with van der Waals surface area (Å²) in [5.74, 6) is 0.131. The van der Waals surface area contributed by atoms with Crippen LogP contribution in [-0.2, 0) is 0 Å². The van der Waals surface area contributed by atoms with E-state index in [1.54, 1.807) is 25.2 Å². The molecule has 0 radical (unpaired) electrons. The maximum Gasteiger partial charge on any atom is 0.345 e. The van der Waals surface area contributed by atoms with Gasteiger partial charge in [0.05, 0.1) is 25.1 Å². The summed E-state index contributed by atoms with van der Waals surface area (Å²) in [6, 6.07) is 8.68. The molecule has 1 aliphatic rings. The molecule has 1 aromatic carbocycles. The summed E-state index contributed by atoms with van der Waals surface area (Å²) in [5.41, 5.74) is 0.985. The number of methoxy groups -OCH3 is 2. The van der Waals surface area contributed by atoms with Crippen molar-refractivity contribution in [1.82, 2.24) is 4.90 Å². The van der Waals surface area contributed by atoms with Gasteiger partial charge in [-0.15, -0.1) is 11.3 Å². The molecule has 1 atom stereocenters. The molecule has 1 amide bonds. The van der Waals surface area contributed by atoms with Crippen molar-refractivity contribution in [3.8, 4) is 11.5 Å². The average Bonchev–Trinajstić information content (AvgIpc) is 3.30. The van der Waals surface area contributed by atoms with Crippen molar-refractivity contribution in [2.75, 3.05) is 20.8 Å². The van der Waals surface area contributed by atoms with Crippen LogP contribution in [0.4, 0.5) is 0 Å². The van der Waals surface area contributed by atoms with Crippen LogP contribution in [-0.4, -0.2) is 42.6 Å². The second kappa shape index (κ2) is 7.14. The summed E-state index contributed by atoms with van der Waals surface area (Å²) >= 11 is 1.01. The largest absolute Gasteiger partial charge is 0.493 e. The van der Waals surface area contributed by atoms with Crippen LogP contribution < -0.4 is 9.47 Å². The summed E-state index contributed by atoms with van der Waals surface area (Å²) in [7, 11) is 3.16. The number of ether oxygens (including phenoxy) is 2. The smallest absolute Gasteiger partial charge is 0.345 e. The van der Waals surface area contributed by atoms with E-state index < -0.39 is 5.97 Å². The molecule has 0 aliphatic carbocycles. The summed E-state index contributed by atoms with van der Waals surface area (Å²) in [6.45, 7) is 0.651. The van der Waals surface area contributed by atoms with Crippen LogP contribution in [0, 0.1) is 0 Å². The fraction of sp³-hybridized carbons (Fsp3) is 0.333. The van der Waals surface area contributed by atoms with E-state index in [4.69, 9.17) is 14.6 Å². The Bertz CT molecular complexity index is 801. The van der Waals surface area contributed by atoms with Crippen LogP contribution in [0.1, 0.15) is 43.8 Å². The van der Waals surface area contributed by atoms with Crippen LogP contribution in [0.3, 0.4) is 0 Å². The number of hydrogen-bond acceptors (Lipinski definition) is 5. The molecule has 1 aromatic heterocycles. The number of carboxylic acids is 1. The van der Waals surface area contributed by atoms with Crippen LogP contribution >= 0.6 is 11.3 Å². The predicted molar refractivity (Wildman–Crippen MR) is 93.8 cm³/mol. The topological polar surface area (TPSA) is 76.1 Å². The molecule has 3 rings (SSSR count). The first-order valence-corrected chi connectivity index (χ1v) is 8.73. The minimum Gasteiger partial charge on any atom is -0.493 e. The fourth-order valence-corrected chi connectivity index (χ4v) is 3.93. The van der Waals surface area contributed by atoms with Crippen LogP contribution in [0.2, 0.25) is 0 Å². The Morgan fingerprint density at radius 3 is 2.48 bits per heavy atom. The third kappa shape index (κ3) is 3.32. The highest BCUT2D eigenvalue weighted by Gasteiger charge is 2.32. The van der Waals surface area contributed by atoms with E-state index in [9.17, 15) is 9.59 Å². The standard InChI is InChI=1S/C18H19NO5S/c1-23-13-6-5-11(10-14(13)24-2)12-4-3-9-19(12)17(20)15-7-8-16(25-15)18(21)22/h5-8,10,12H,3-4,9H2,1-2H3,(H,21,22). The number of hydrogen-bond donors (Lipinski definition) is 1.